The molecule has 11 heteroatoms. The van der Waals surface area contributed by atoms with Gasteiger partial charge in [0, 0.05) is 32.2 Å². The normalized spacial score (nSPS) is 16.2. The SMILES string of the molecule is CN(C=O)/C(=C\C(=O)N(C)c1cc(C2=NOC(C)(C)C2)c(Cl)cc1F)C(F)(F)F. The fourth-order valence-electron chi connectivity index (χ4n) is 2.58. The van der Waals surface area contributed by atoms with Crippen molar-refractivity contribution in [2.45, 2.75) is 32.0 Å². The Bertz CT molecular complexity index is 897. The van der Waals surface area contributed by atoms with Gasteiger partial charge in [-0.15, -0.1) is 0 Å². The van der Waals surface area contributed by atoms with E-state index in [1.807, 2.05) is 0 Å². The van der Waals surface area contributed by atoms with Crippen LogP contribution in [-0.2, 0) is 14.4 Å². The predicted molar refractivity (Wildman–Crippen MR) is 99.1 cm³/mol. The van der Waals surface area contributed by atoms with Crippen LogP contribution in [0.2, 0.25) is 5.02 Å². The van der Waals surface area contributed by atoms with Crippen LogP contribution in [0, 0.1) is 5.82 Å². The van der Waals surface area contributed by atoms with Gasteiger partial charge in [0.25, 0.3) is 5.91 Å². The van der Waals surface area contributed by atoms with E-state index in [9.17, 15) is 27.2 Å². The van der Waals surface area contributed by atoms with E-state index in [1.165, 1.54) is 6.07 Å². The highest BCUT2D eigenvalue weighted by Gasteiger charge is 2.38. The molecule has 0 aromatic heterocycles. The Morgan fingerprint density at radius 3 is 2.41 bits per heavy atom. The summed E-state index contributed by atoms with van der Waals surface area (Å²) in [7, 11) is 1.95. The Balaban J connectivity index is 2.43. The summed E-state index contributed by atoms with van der Waals surface area (Å²) < 4.78 is 53.7. The summed E-state index contributed by atoms with van der Waals surface area (Å²) in [5.41, 5.74) is -1.70. The molecule has 0 saturated carbocycles. The number of alkyl halides is 3. The molecule has 1 heterocycles. The summed E-state index contributed by atoms with van der Waals surface area (Å²) >= 11 is 6.08. The number of halogens is 5. The number of carbonyl (C=O) groups excluding carboxylic acids is 2. The third-order valence-corrected chi connectivity index (χ3v) is 4.44. The van der Waals surface area contributed by atoms with Crippen LogP contribution in [0.1, 0.15) is 25.8 Å². The summed E-state index contributed by atoms with van der Waals surface area (Å²) in [5, 5.41) is 3.92. The molecule has 158 valence electrons. The molecule has 0 fully saturated rings. The average Bonchev–Trinajstić information content (AvgIpc) is 2.96. The number of anilines is 1. The number of likely N-dealkylation sites (N-methyl/N-ethyl adjacent to an activating group) is 1. The minimum atomic E-state index is -4.96. The second-order valence-electron chi connectivity index (χ2n) is 6.99. The zero-order valence-corrected chi connectivity index (χ0v) is 16.7. The first-order valence-electron chi connectivity index (χ1n) is 8.26. The lowest BCUT2D eigenvalue weighted by atomic mass is 9.97. The molecule has 1 aromatic rings. The van der Waals surface area contributed by atoms with E-state index < -0.39 is 29.2 Å². The van der Waals surface area contributed by atoms with Gasteiger partial charge in [-0.25, -0.2) is 4.39 Å². The fourth-order valence-corrected chi connectivity index (χ4v) is 2.84. The second kappa shape index (κ2) is 8.02. The second-order valence-corrected chi connectivity index (χ2v) is 7.40. The van der Waals surface area contributed by atoms with Gasteiger partial charge in [-0.3, -0.25) is 9.59 Å². The van der Waals surface area contributed by atoms with Crippen molar-refractivity contribution < 1.29 is 32.0 Å². The van der Waals surface area contributed by atoms with Crippen molar-refractivity contribution in [2.24, 2.45) is 5.16 Å². The Labute approximate surface area is 169 Å². The lowest BCUT2D eigenvalue weighted by Gasteiger charge is -2.21. The van der Waals surface area contributed by atoms with Gasteiger partial charge in [-0.1, -0.05) is 16.8 Å². The molecule has 1 aromatic carbocycles. The molecule has 6 nitrogen and oxygen atoms in total. The van der Waals surface area contributed by atoms with Gasteiger partial charge in [0.05, 0.1) is 16.4 Å². The molecule has 0 aliphatic carbocycles. The molecule has 0 spiro atoms. The number of rotatable bonds is 5. The molecule has 2 rings (SSSR count). The Morgan fingerprint density at radius 2 is 1.93 bits per heavy atom. The summed E-state index contributed by atoms with van der Waals surface area (Å²) in [6, 6.07) is 2.15. The molecule has 1 aliphatic heterocycles. The largest absolute Gasteiger partial charge is 0.431 e. The monoisotopic (exact) mass is 435 g/mol. The third-order valence-electron chi connectivity index (χ3n) is 4.12. The first-order valence-corrected chi connectivity index (χ1v) is 8.64. The molecular formula is C18H18ClF4N3O3. The number of oxime groups is 1. The number of nitrogens with zero attached hydrogens (tertiary/aromatic N) is 3. The van der Waals surface area contributed by atoms with Crippen molar-refractivity contribution in [3.63, 3.8) is 0 Å². The topological polar surface area (TPSA) is 62.2 Å². The third kappa shape index (κ3) is 5.06. The lowest BCUT2D eigenvalue weighted by molar-refractivity contribution is -0.130. The van der Waals surface area contributed by atoms with Crippen LogP contribution in [0.15, 0.2) is 29.1 Å². The standard InChI is InChI=1S/C18H18ClF4N3O3/c1-17(2)8-13(24-29-17)10-5-14(12(20)6-11(10)19)26(4)16(28)7-15(18(21,22)23)25(3)9-27/h5-7,9H,8H2,1-4H3/b15-7-. The quantitative estimate of drug-likeness (QED) is 0.400. The zero-order valence-electron chi connectivity index (χ0n) is 16.0. The maximum absolute atomic E-state index is 14.4. The summed E-state index contributed by atoms with van der Waals surface area (Å²) in [4.78, 5) is 29.2. The number of amides is 2. The highest BCUT2D eigenvalue weighted by molar-refractivity contribution is 6.34. The molecule has 0 atom stereocenters. The van der Waals surface area contributed by atoms with E-state index in [0.29, 0.717) is 22.6 Å². The van der Waals surface area contributed by atoms with E-state index >= 15 is 0 Å². The Hall–Kier alpha value is -2.62. The van der Waals surface area contributed by atoms with Crippen LogP contribution in [0.25, 0.3) is 0 Å². The molecule has 0 unspecified atom stereocenters. The number of carbonyl (C=O) groups is 2. The molecule has 2 amide bonds. The van der Waals surface area contributed by atoms with Crippen molar-refractivity contribution in [1.29, 1.82) is 0 Å². The lowest BCUT2D eigenvalue weighted by Crippen LogP contribution is -2.32. The van der Waals surface area contributed by atoms with Crippen LogP contribution in [0.4, 0.5) is 23.2 Å². The van der Waals surface area contributed by atoms with E-state index in [1.54, 1.807) is 13.8 Å². The maximum Gasteiger partial charge on any atom is 0.431 e. The van der Waals surface area contributed by atoms with Crippen molar-refractivity contribution >= 4 is 35.3 Å². The summed E-state index contributed by atoms with van der Waals surface area (Å²) in [5.74, 6) is -2.11. The van der Waals surface area contributed by atoms with Crippen molar-refractivity contribution in [3.05, 3.63) is 40.3 Å². The smallest absolute Gasteiger partial charge is 0.389 e. The Morgan fingerprint density at radius 1 is 1.31 bits per heavy atom. The Kier molecular flexibility index (Phi) is 6.27. The molecule has 0 saturated heterocycles. The van der Waals surface area contributed by atoms with Crippen LogP contribution in [0.5, 0.6) is 0 Å². The molecular weight excluding hydrogens is 418 g/mol. The van der Waals surface area contributed by atoms with Crippen LogP contribution in [-0.4, -0.2) is 48.8 Å². The molecule has 0 N–H and O–H groups in total. The number of allylic oxidation sites excluding steroid dienone is 1. The molecule has 1 aliphatic rings. The fraction of sp³-hybridized carbons (Fsp3) is 0.389. The number of benzene rings is 1. The van der Waals surface area contributed by atoms with Gasteiger partial charge in [-0.2, -0.15) is 13.2 Å². The first-order chi connectivity index (χ1) is 13.3. The van der Waals surface area contributed by atoms with Gasteiger partial charge in [0.1, 0.15) is 17.1 Å². The maximum atomic E-state index is 14.4. The van der Waals surface area contributed by atoms with Gasteiger partial charge in [0.2, 0.25) is 6.41 Å². The van der Waals surface area contributed by atoms with Crippen molar-refractivity contribution in [2.75, 3.05) is 19.0 Å². The van der Waals surface area contributed by atoms with E-state index in [0.717, 1.165) is 20.2 Å². The molecule has 0 radical (unpaired) electrons. The van der Waals surface area contributed by atoms with Gasteiger partial charge in [-0.05, 0) is 26.0 Å². The minimum absolute atomic E-state index is 0.0133. The van der Waals surface area contributed by atoms with Gasteiger partial charge >= 0.3 is 6.18 Å². The van der Waals surface area contributed by atoms with Gasteiger partial charge < -0.3 is 14.6 Å². The van der Waals surface area contributed by atoms with Crippen molar-refractivity contribution in [1.82, 2.24) is 4.90 Å². The van der Waals surface area contributed by atoms with E-state index in [4.69, 9.17) is 16.4 Å². The van der Waals surface area contributed by atoms with E-state index in [2.05, 4.69) is 5.16 Å². The minimum Gasteiger partial charge on any atom is -0.389 e. The first kappa shape index (κ1) is 22.7. The van der Waals surface area contributed by atoms with Crippen molar-refractivity contribution in [3.8, 4) is 0 Å². The van der Waals surface area contributed by atoms with Crippen LogP contribution >= 0.6 is 11.6 Å². The van der Waals surface area contributed by atoms with Crippen LogP contribution < -0.4 is 4.90 Å². The summed E-state index contributed by atoms with van der Waals surface area (Å²) in [6.07, 6.45) is -4.48. The average molecular weight is 436 g/mol. The number of hydrogen-bond acceptors (Lipinski definition) is 4. The van der Waals surface area contributed by atoms with Crippen LogP contribution in [0.3, 0.4) is 0 Å². The van der Waals surface area contributed by atoms with E-state index in [-0.39, 0.29) is 28.1 Å². The van der Waals surface area contributed by atoms with Gasteiger partial charge in [0.15, 0.2) is 0 Å². The summed E-state index contributed by atoms with van der Waals surface area (Å²) in [6.45, 7) is 3.56. The zero-order chi connectivity index (χ0) is 22.1. The highest BCUT2D eigenvalue weighted by atomic mass is 35.5. The molecule has 29 heavy (non-hydrogen) atoms. The highest BCUT2D eigenvalue weighted by Crippen LogP contribution is 2.33. The predicted octanol–water partition coefficient (Wildman–Crippen LogP) is 3.88. The molecule has 0 bridgehead atoms. The number of hydrogen-bond donors (Lipinski definition) is 0.